The number of nitrogens with zero attached hydrogens (tertiary/aromatic N) is 1. The van der Waals surface area contributed by atoms with Gasteiger partial charge in [0.25, 0.3) is 0 Å². The van der Waals surface area contributed by atoms with Gasteiger partial charge in [-0.25, -0.2) is 0 Å². The van der Waals surface area contributed by atoms with E-state index in [1.54, 1.807) is 7.11 Å². The standard InChI is InChI=1S/C9H19NO2/c1-7(2)12-9-6-10(3)5-8(9)11-4/h7-9H,5-6H2,1-4H3/t8-,9-/m1/s1. The Balaban J connectivity index is 2.40. The van der Waals surface area contributed by atoms with Crippen molar-refractivity contribution in [3.8, 4) is 0 Å². The van der Waals surface area contributed by atoms with Crippen LogP contribution in [0.2, 0.25) is 0 Å². The molecule has 0 aromatic heterocycles. The van der Waals surface area contributed by atoms with Gasteiger partial charge in [-0.1, -0.05) is 0 Å². The Morgan fingerprint density at radius 2 is 1.83 bits per heavy atom. The molecule has 0 aromatic carbocycles. The van der Waals surface area contributed by atoms with Crippen molar-refractivity contribution in [2.75, 3.05) is 27.2 Å². The number of likely N-dealkylation sites (N-methyl/N-ethyl adjacent to an activating group) is 1. The largest absolute Gasteiger partial charge is 0.377 e. The summed E-state index contributed by atoms with van der Waals surface area (Å²) in [5, 5.41) is 0. The summed E-state index contributed by atoms with van der Waals surface area (Å²) in [6.07, 6.45) is 0.788. The molecule has 0 radical (unpaired) electrons. The first-order valence-electron chi connectivity index (χ1n) is 4.50. The highest BCUT2D eigenvalue weighted by Crippen LogP contribution is 2.15. The molecule has 1 rings (SSSR count). The Morgan fingerprint density at radius 1 is 1.25 bits per heavy atom. The van der Waals surface area contributed by atoms with Crippen molar-refractivity contribution in [1.29, 1.82) is 0 Å². The van der Waals surface area contributed by atoms with E-state index in [2.05, 4.69) is 25.8 Å². The second-order valence-corrected chi connectivity index (χ2v) is 3.72. The normalized spacial score (nSPS) is 31.8. The summed E-state index contributed by atoms with van der Waals surface area (Å²) in [4.78, 5) is 2.24. The monoisotopic (exact) mass is 173 g/mol. The average Bonchev–Trinajstić information content (AvgIpc) is 2.29. The summed E-state index contributed by atoms with van der Waals surface area (Å²) < 4.78 is 11.0. The van der Waals surface area contributed by atoms with Crippen LogP contribution in [0.1, 0.15) is 13.8 Å². The van der Waals surface area contributed by atoms with Gasteiger partial charge < -0.3 is 14.4 Å². The molecule has 3 heteroatoms. The Hall–Kier alpha value is -0.120. The van der Waals surface area contributed by atoms with Crippen molar-refractivity contribution < 1.29 is 9.47 Å². The van der Waals surface area contributed by atoms with Crippen LogP contribution in [0.5, 0.6) is 0 Å². The summed E-state index contributed by atoms with van der Waals surface area (Å²) in [6, 6.07) is 0. The Bertz CT molecular complexity index is 138. The van der Waals surface area contributed by atoms with Crippen molar-refractivity contribution in [3.63, 3.8) is 0 Å². The third-order valence-electron chi connectivity index (χ3n) is 2.15. The van der Waals surface area contributed by atoms with E-state index in [0.29, 0.717) is 6.10 Å². The predicted molar refractivity (Wildman–Crippen MR) is 48.3 cm³/mol. The van der Waals surface area contributed by atoms with E-state index >= 15 is 0 Å². The van der Waals surface area contributed by atoms with E-state index in [9.17, 15) is 0 Å². The first-order valence-corrected chi connectivity index (χ1v) is 4.50. The zero-order valence-corrected chi connectivity index (χ0v) is 8.41. The lowest BCUT2D eigenvalue weighted by Gasteiger charge is -2.19. The van der Waals surface area contributed by atoms with Gasteiger partial charge in [-0.05, 0) is 20.9 Å². The minimum absolute atomic E-state index is 0.248. The van der Waals surface area contributed by atoms with Crippen molar-refractivity contribution >= 4 is 0 Å². The van der Waals surface area contributed by atoms with Crippen LogP contribution < -0.4 is 0 Å². The van der Waals surface area contributed by atoms with E-state index in [1.165, 1.54) is 0 Å². The average molecular weight is 173 g/mol. The molecule has 0 bridgehead atoms. The number of hydrogen-bond donors (Lipinski definition) is 0. The second-order valence-electron chi connectivity index (χ2n) is 3.72. The molecule has 0 aromatic rings. The third-order valence-corrected chi connectivity index (χ3v) is 2.15. The highest BCUT2D eigenvalue weighted by molar-refractivity contribution is 4.84. The molecule has 2 atom stereocenters. The van der Waals surface area contributed by atoms with Crippen LogP contribution in [-0.4, -0.2) is 50.5 Å². The summed E-state index contributed by atoms with van der Waals surface area (Å²) >= 11 is 0. The highest BCUT2D eigenvalue weighted by atomic mass is 16.5. The first kappa shape index (κ1) is 9.96. The molecule has 0 unspecified atom stereocenters. The van der Waals surface area contributed by atoms with E-state index in [0.717, 1.165) is 13.1 Å². The predicted octanol–water partition coefficient (Wildman–Crippen LogP) is 0.740. The zero-order valence-electron chi connectivity index (χ0n) is 8.41. The molecule has 0 saturated carbocycles. The molecule has 0 amide bonds. The van der Waals surface area contributed by atoms with E-state index in [-0.39, 0.29) is 12.2 Å². The molecule has 1 fully saturated rings. The third kappa shape index (κ3) is 2.44. The molecule has 1 aliphatic rings. The Labute approximate surface area is 74.6 Å². The van der Waals surface area contributed by atoms with Crippen LogP contribution in [0.15, 0.2) is 0 Å². The van der Waals surface area contributed by atoms with Crippen molar-refractivity contribution in [2.24, 2.45) is 0 Å². The number of methoxy groups -OCH3 is 1. The molecule has 0 spiro atoms. The van der Waals surface area contributed by atoms with Gasteiger partial charge in [0.2, 0.25) is 0 Å². The van der Waals surface area contributed by atoms with E-state index in [1.807, 2.05) is 0 Å². The lowest BCUT2D eigenvalue weighted by Crippen LogP contribution is -2.31. The molecule has 72 valence electrons. The van der Waals surface area contributed by atoms with Crippen LogP contribution in [-0.2, 0) is 9.47 Å². The zero-order chi connectivity index (χ0) is 9.14. The summed E-state index contributed by atoms with van der Waals surface area (Å²) in [5.74, 6) is 0. The molecule has 3 nitrogen and oxygen atoms in total. The molecule has 0 N–H and O–H groups in total. The van der Waals surface area contributed by atoms with Crippen molar-refractivity contribution in [3.05, 3.63) is 0 Å². The van der Waals surface area contributed by atoms with Crippen molar-refractivity contribution in [1.82, 2.24) is 4.90 Å². The summed E-state index contributed by atoms with van der Waals surface area (Å²) in [7, 11) is 3.84. The SMILES string of the molecule is CO[C@@H]1CN(C)C[C@H]1OC(C)C. The fourth-order valence-corrected chi connectivity index (χ4v) is 1.63. The number of likely N-dealkylation sites (tertiary alicyclic amines) is 1. The minimum Gasteiger partial charge on any atom is -0.377 e. The number of rotatable bonds is 3. The second kappa shape index (κ2) is 4.21. The van der Waals surface area contributed by atoms with E-state index in [4.69, 9.17) is 9.47 Å². The fourth-order valence-electron chi connectivity index (χ4n) is 1.63. The van der Waals surface area contributed by atoms with Crippen LogP contribution in [0.3, 0.4) is 0 Å². The fraction of sp³-hybridized carbons (Fsp3) is 1.00. The van der Waals surface area contributed by atoms with Gasteiger partial charge in [0.05, 0.1) is 18.3 Å². The van der Waals surface area contributed by atoms with Crippen LogP contribution in [0, 0.1) is 0 Å². The molecule has 1 heterocycles. The smallest absolute Gasteiger partial charge is 0.0978 e. The molecular weight excluding hydrogens is 154 g/mol. The molecular formula is C9H19NO2. The van der Waals surface area contributed by atoms with Gasteiger partial charge in [0.15, 0.2) is 0 Å². The van der Waals surface area contributed by atoms with E-state index < -0.39 is 0 Å². The quantitative estimate of drug-likeness (QED) is 0.628. The Morgan fingerprint density at radius 3 is 2.33 bits per heavy atom. The first-order chi connectivity index (χ1) is 5.63. The maximum absolute atomic E-state index is 5.72. The maximum atomic E-state index is 5.72. The summed E-state index contributed by atoms with van der Waals surface area (Å²) in [5.41, 5.74) is 0. The van der Waals surface area contributed by atoms with Gasteiger partial charge in [-0.2, -0.15) is 0 Å². The summed E-state index contributed by atoms with van der Waals surface area (Å²) in [6.45, 7) is 6.08. The van der Waals surface area contributed by atoms with Gasteiger partial charge in [-0.15, -0.1) is 0 Å². The lowest BCUT2D eigenvalue weighted by molar-refractivity contribution is -0.0540. The molecule has 12 heavy (non-hydrogen) atoms. The van der Waals surface area contributed by atoms with Crippen LogP contribution >= 0.6 is 0 Å². The maximum Gasteiger partial charge on any atom is 0.0978 e. The van der Waals surface area contributed by atoms with Gasteiger partial charge in [-0.3, -0.25) is 0 Å². The molecule has 1 saturated heterocycles. The molecule has 0 aliphatic carbocycles. The lowest BCUT2D eigenvalue weighted by atomic mass is 10.2. The number of hydrogen-bond acceptors (Lipinski definition) is 3. The van der Waals surface area contributed by atoms with Gasteiger partial charge in [0, 0.05) is 20.2 Å². The minimum atomic E-state index is 0.248. The Kier molecular flexibility index (Phi) is 3.50. The highest BCUT2D eigenvalue weighted by Gasteiger charge is 2.31. The van der Waals surface area contributed by atoms with Crippen LogP contribution in [0.25, 0.3) is 0 Å². The van der Waals surface area contributed by atoms with Crippen molar-refractivity contribution in [2.45, 2.75) is 32.2 Å². The van der Waals surface area contributed by atoms with Gasteiger partial charge >= 0.3 is 0 Å². The van der Waals surface area contributed by atoms with Crippen LogP contribution in [0.4, 0.5) is 0 Å². The number of ether oxygens (including phenoxy) is 2. The molecule has 1 aliphatic heterocycles. The topological polar surface area (TPSA) is 21.7 Å². The van der Waals surface area contributed by atoms with Gasteiger partial charge in [0.1, 0.15) is 0 Å².